The van der Waals surface area contributed by atoms with Crippen LogP contribution in [0, 0.1) is 0 Å². The number of rotatable bonds is 5. The van der Waals surface area contributed by atoms with Crippen LogP contribution in [0.5, 0.6) is 0 Å². The van der Waals surface area contributed by atoms with Gasteiger partial charge in [-0.05, 0) is 37.8 Å². The Hall–Kier alpha value is -1.72. The second-order valence-corrected chi connectivity index (χ2v) is 7.75. The highest BCUT2D eigenvalue weighted by Crippen LogP contribution is 2.51. The van der Waals surface area contributed by atoms with Crippen LogP contribution in [0.4, 0.5) is 0 Å². The van der Waals surface area contributed by atoms with E-state index >= 15 is 0 Å². The van der Waals surface area contributed by atoms with E-state index in [0.29, 0.717) is 6.61 Å². The standard InChI is InChI=1S/C23H29NO3/c1-18-19(2)27-23(26-18)16-10-9-15-22(23,21-13-7-4-8-14-21)24-25-17-20-11-5-3-6-12-20/h3-8,11-14,18-19,24H,9-10,15-17H2,1-2H3/t18-,19-,22-/m1/s1. The maximum Gasteiger partial charge on any atom is 0.193 e. The molecule has 2 aromatic rings. The zero-order chi connectivity index (χ0) is 18.7. The molecule has 1 aliphatic heterocycles. The summed E-state index contributed by atoms with van der Waals surface area (Å²) >= 11 is 0. The van der Waals surface area contributed by atoms with Crippen molar-refractivity contribution in [2.75, 3.05) is 0 Å². The summed E-state index contributed by atoms with van der Waals surface area (Å²) in [4.78, 5) is 6.06. The molecule has 144 valence electrons. The highest BCUT2D eigenvalue weighted by atomic mass is 16.8. The van der Waals surface area contributed by atoms with Crippen LogP contribution in [0.1, 0.15) is 50.7 Å². The molecule has 1 heterocycles. The van der Waals surface area contributed by atoms with Crippen molar-refractivity contribution < 1.29 is 14.3 Å². The lowest BCUT2D eigenvalue weighted by molar-refractivity contribution is -0.275. The fraction of sp³-hybridized carbons (Fsp3) is 0.478. The molecule has 1 spiro atoms. The third-order valence-electron chi connectivity index (χ3n) is 5.97. The Bertz CT molecular complexity index is 726. The molecule has 4 rings (SSSR count). The quantitative estimate of drug-likeness (QED) is 0.778. The highest BCUT2D eigenvalue weighted by molar-refractivity contribution is 5.29. The molecule has 0 amide bonds. The first-order valence-electron chi connectivity index (χ1n) is 9.99. The van der Waals surface area contributed by atoms with Gasteiger partial charge >= 0.3 is 0 Å². The minimum Gasteiger partial charge on any atom is -0.342 e. The van der Waals surface area contributed by atoms with Crippen LogP contribution in [0.3, 0.4) is 0 Å². The maximum atomic E-state index is 6.51. The van der Waals surface area contributed by atoms with Gasteiger partial charge in [-0.3, -0.25) is 4.84 Å². The van der Waals surface area contributed by atoms with E-state index in [1.54, 1.807) is 0 Å². The normalized spacial score (nSPS) is 29.9. The Morgan fingerprint density at radius 2 is 1.48 bits per heavy atom. The number of nitrogens with one attached hydrogen (secondary N) is 1. The van der Waals surface area contributed by atoms with Crippen LogP contribution in [-0.4, -0.2) is 18.0 Å². The molecule has 0 bridgehead atoms. The number of ether oxygens (including phenoxy) is 2. The first kappa shape index (κ1) is 18.6. The molecule has 4 heteroatoms. The average Bonchev–Trinajstić information content (AvgIpc) is 2.99. The first-order valence-corrected chi connectivity index (χ1v) is 9.99. The van der Waals surface area contributed by atoms with E-state index in [-0.39, 0.29) is 12.2 Å². The van der Waals surface area contributed by atoms with E-state index in [0.717, 1.165) is 36.8 Å². The van der Waals surface area contributed by atoms with Crippen molar-refractivity contribution in [1.29, 1.82) is 0 Å². The van der Waals surface area contributed by atoms with Gasteiger partial charge in [-0.15, -0.1) is 0 Å². The fourth-order valence-corrected chi connectivity index (χ4v) is 4.38. The molecule has 2 aliphatic rings. The van der Waals surface area contributed by atoms with Crippen molar-refractivity contribution in [2.45, 2.75) is 69.7 Å². The monoisotopic (exact) mass is 367 g/mol. The topological polar surface area (TPSA) is 39.7 Å². The van der Waals surface area contributed by atoms with Gasteiger partial charge < -0.3 is 9.47 Å². The van der Waals surface area contributed by atoms with Crippen molar-refractivity contribution in [1.82, 2.24) is 5.48 Å². The third-order valence-corrected chi connectivity index (χ3v) is 5.97. The lowest BCUT2D eigenvalue weighted by Crippen LogP contribution is -2.63. The summed E-state index contributed by atoms with van der Waals surface area (Å²) in [5.74, 6) is -0.706. The van der Waals surface area contributed by atoms with E-state index < -0.39 is 11.3 Å². The van der Waals surface area contributed by atoms with Crippen molar-refractivity contribution in [3.8, 4) is 0 Å². The number of hydroxylamine groups is 1. The second kappa shape index (κ2) is 7.72. The number of hydrogen-bond acceptors (Lipinski definition) is 4. The van der Waals surface area contributed by atoms with Gasteiger partial charge in [0.25, 0.3) is 0 Å². The molecule has 0 aromatic heterocycles. The van der Waals surface area contributed by atoms with Crippen LogP contribution in [0.2, 0.25) is 0 Å². The summed E-state index contributed by atoms with van der Waals surface area (Å²) in [6, 6.07) is 20.7. The van der Waals surface area contributed by atoms with E-state index in [9.17, 15) is 0 Å². The van der Waals surface area contributed by atoms with Crippen LogP contribution in [0.25, 0.3) is 0 Å². The lowest BCUT2D eigenvalue weighted by atomic mass is 9.72. The van der Waals surface area contributed by atoms with Crippen LogP contribution >= 0.6 is 0 Å². The first-order chi connectivity index (χ1) is 13.2. The summed E-state index contributed by atoms with van der Waals surface area (Å²) in [6.07, 6.45) is 4.08. The molecule has 4 nitrogen and oxygen atoms in total. The molecule has 0 unspecified atom stereocenters. The van der Waals surface area contributed by atoms with Crippen LogP contribution < -0.4 is 5.48 Å². The minimum atomic E-state index is -0.706. The van der Waals surface area contributed by atoms with Crippen molar-refractivity contribution in [2.24, 2.45) is 0 Å². The van der Waals surface area contributed by atoms with Gasteiger partial charge in [-0.25, -0.2) is 0 Å². The fourth-order valence-electron chi connectivity index (χ4n) is 4.38. The van der Waals surface area contributed by atoms with Gasteiger partial charge in [0, 0.05) is 6.42 Å². The SMILES string of the molecule is C[C@H]1OC2(CCCC[C@@]2(NOCc2ccccc2)c2ccccc2)O[C@@H]1C. The van der Waals surface area contributed by atoms with Gasteiger partial charge in [0.15, 0.2) is 5.79 Å². The van der Waals surface area contributed by atoms with E-state index in [4.69, 9.17) is 14.3 Å². The zero-order valence-corrected chi connectivity index (χ0v) is 16.2. The maximum absolute atomic E-state index is 6.51. The Morgan fingerprint density at radius 3 is 2.15 bits per heavy atom. The highest BCUT2D eigenvalue weighted by Gasteiger charge is 2.61. The van der Waals surface area contributed by atoms with Gasteiger partial charge in [0.05, 0.1) is 18.8 Å². The Labute approximate surface area is 161 Å². The second-order valence-electron chi connectivity index (χ2n) is 7.75. The molecular weight excluding hydrogens is 338 g/mol. The molecule has 1 N–H and O–H groups in total. The lowest BCUT2D eigenvalue weighted by Gasteiger charge is -2.50. The molecular formula is C23H29NO3. The van der Waals surface area contributed by atoms with Gasteiger partial charge in [0.2, 0.25) is 0 Å². The van der Waals surface area contributed by atoms with Gasteiger partial charge in [-0.2, -0.15) is 5.48 Å². The third kappa shape index (κ3) is 3.43. The van der Waals surface area contributed by atoms with Crippen LogP contribution in [0.15, 0.2) is 60.7 Å². The number of hydrogen-bond donors (Lipinski definition) is 1. The van der Waals surface area contributed by atoms with Gasteiger partial charge in [0.1, 0.15) is 5.54 Å². The van der Waals surface area contributed by atoms with Crippen molar-refractivity contribution in [3.63, 3.8) is 0 Å². The van der Waals surface area contributed by atoms with Crippen LogP contribution in [-0.2, 0) is 26.5 Å². The van der Waals surface area contributed by atoms with E-state index in [2.05, 4.69) is 55.7 Å². The predicted octanol–water partition coefficient (Wildman–Crippen LogP) is 4.70. The average molecular weight is 367 g/mol. The molecule has 27 heavy (non-hydrogen) atoms. The Morgan fingerprint density at radius 1 is 0.889 bits per heavy atom. The molecule has 3 atom stereocenters. The summed E-state index contributed by atoms with van der Waals surface area (Å²) < 4.78 is 13.0. The predicted molar refractivity (Wildman–Crippen MR) is 105 cm³/mol. The largest absolute Gasteiger partial charge is 0.342 e. The van der Waals surface area contributed by atoms with Gasteiger partial charge in [-0.1, -0.05) is 67.1 Å². The van der Waals surface area contributed by atoms with E-state index in [1.807, 2.05) is 24.3 Å². The summed E-state index contributed by atoms with van der Waals surface area (Å²) in [6.45, 7) is 4.68. The number of benzene rings is 2. The van der Waals surface area contributed by atoms with Crippen molar-refractivity contribution in [3.05, 3.63) is 71.8 Å². The molecule has 0 radical (unpaired) electrons. The molecule has 2 aromatic carbocycles. The van der Waals surface area contributed by atoms with E-state index in [1.165, 1.54) is 0 Å². The molecule has 1 saturated heterocycles. The summed E-state index contributed by atoms with van der Waals surface area (Å²) in [5, 5.41) is 0. The summed E-state index contributed by atoms with van der Waals surface area (Å²) in [5.41, 5.74) is 5.18. The smallest absolute Gasteiger partial charge is 0.193 e. The molecule has 1 saturated carbocycles. The Balaban J connectivity index is 1.65. The molecule has 2 fully saturated rings. The minimum absolute atomic E-state index is 0.0575. The summed E-state index contributed by atoms with van der Waals surface area (Å²) in [7, 11) is 0. The van der Waals surface area contributed by atoms with Crippen molar-refractivity contribution >= 4 is 0 Å². The zero-order valence-electron chi connectivity index (χ0n) is 16.2. The molecule has 1 aliphatic carbocycles. The Kier molecular flexibility index (Phi) is 5.33.